The number of ether oxygens (including phenoxy) is 1. The molecule has 0 saturated carbocycles. The summed E-state index contributed by atoms with van der Waals surface area (Å²) in [4.78, 5) is 25.6. The molecule has 2 rings (SSSR count). The van der Waals surface area contributed by atoms with Gasteiger partial charge in [-0.3, -0.25) is 14.9 Å². The van der Waals surface area contributed by atoms with Gasteiger partial charge in [0, 0.05) is 18.7 Å². The van der Waals surface area contributed by atoms with E-state index >= 15 is 0 Å². The highest BCUT2D eigenvalue weighted by molar-refractivity contribution is 8.23. The number of carbonyl (C=O) groups excluding carboxylic acids is 2. The van der Waals surface area contributed by atoms with Crippen LogP contribution in [0.25, 0.3) is 0 Å². The molecule has 1 saturated heterocycles. The third-order valence-electron chi connectivity index (χ3n) is 2.88. The van der Waals surface area contributed by atoms with Crippen LogP contribution in [0, 0.1) is 0 Å². The number of rotatable bonds is 3. The number of imide groups is 1. The van der Waals surface area contributed by atoms with E-state index in [1.54, 1.807) is 24.3 Å². The number of thiocarbonyl (C=S) groups is 1. The van der Waals surface area contributed by atoms with Gasteiger partial charge in [-0.15, -0.1) is 0 Å². The first-order valence-corrected chi connectivity index (χ1v) is 7.95. The summed E-state index contributed by atoms with van der Waals surface area (Å²) in [6, 6.07) is 8.64. The third kappa shape index (κ3) is 5.11. The van der Waals surface area contributed by atoms with E-state index in [0.717, 1.165) is 13.1 Å². The quantitative estimate of drug-likeness (QED) is 0.846. The van der Waals surface area contributed by atoms with Gasteiger partial charge in [-0.05, 0) is 12.1 Å². The lowest BCUT2D eigenvalue weighted by molar-refractivity contribution is -0.117. The van der Waals surface area contributed by atoms with Crippen molar-refractivity contribution >= 4 is 40.1 Å². The Bertz CT molecular complexity index is 516. The van der Waals surface area contributed by atoms with Gasteiger partial charge in [0.05, 0.1) is 19.0 Å². The van der Waals surface area contributed by atoms with Crippen LogP contribution in [0.1, 0.15) is 10.4 Å². The van der Waals surface area contributed by atoms with E-state index < -0.39 is 5.91 Å². The van der Waals surface area contributed by atoms with Gasteiger partial charge in [0.15, 0.2) is 0 Å². The van der Waals surface area contributed by atoms with Crippen molar-refractivity contribution < 1.29 is 14.3 Å². The molecule has 0 atom stereocenters. The summed E-state index contributed by atoms with van der Waals surface area (Å²) in [6.45, 7) is 2.80. The summed E-state index contributed by atoms with van der Waals surface area (Å²) in [6.07, 6.45) is 0. The molecule has 2 amide bonds. The molecule has 0 spiro atoms. The predicted molar refractivity (Wildman–Crippen MR) is 86.4 cm³/mol. The Morgan fingerprint density at radius 1 is 1.24 bits per heavy atom. The molecule has 1 fully saturated rings. The maximum Gasteiger partial charge on any atom is 0.257 e. The minimum Gasteiger partial charge on any atom is -0.378 e. The van der Waals surface area contributed by atoms with Gasteiger partial charge in [-0.1, -0.05) is 42.2 Å². The Kier molecular flexibility index (Phi) is 6.16. The molecule has 7 heteroatoms. The lowest BCUT2D eigenvalue weighted by Gasteiger charge is -2.28. The van der Waals surface area contributed by atoms with Crippen molar-refractivity contribution in [2.75, 3.05) is 32.1 Å². The maximum atomic E-state index is 11.8. The molecule has 1 heterocycles. The van der Waals surface area contributed by atoms with Gasteiger partial charge in [-0.25, -0.2) is 0 Å². The van der Waals surface area contributed by atoms with E-state index in [0.29, 0.717) is 23.1 Å². The fourth-order valence-corrected chi connectivity index (χ4v) is 2.84. The van der Waals surface area contributed by atoms with Gasteiger partial charge >= 0.3 is 0 Å². The highest BCUT2D eigenvalue weighted by Gasteiger charge is 2.16. The molecule has 1 aromatic carbocycles. The van der Waals surface area contributed by atoms with E-state index in [4.69, 9.17) is 17.0 Å². The zero-order chi connectivity index (χ0) is 15.1. The SMILES string of the molecule is O=C(CSC(=S)N1CCOCC1)NC(=O)c1ccccc1. The van der Waals surface area contributed by atoms with E-state index in [1.807, 2.05) is 11.0 Å². The largest absolute Gasteiger partial charge is 0.378 e. The van der Waals surface area contributed by atoms with Crippen molar-refractivity contribution in [2.24, 2.45) is 0 Å². The van der Waals surface area contributed by atoms with Gasteiger partial charge in [0.1, 0.15) is 4.32 Å². The van der Waals surface area contributed by atoms with Crippen LogP contribution in [-0.2, 0) is 9.53 Å². The monoisotopic (exact) mass is 324 g/mol. The van der Waals surface area contributed by atoms with Gasteiger partial charge in [-0.2, -0.15) is 0 Å². The number of nitrogens with one attached hydrogen (secondary N) is 1. The van der Waals surface area contributed by atoms with Crippen molar-refractivity contribution in [2.45, 2.75) is 0 Å². The Morgan fingerprint density at radius 2 is 1.90 bits per heavy atom. The lowest BCUT2D eigenvalue weighted by atomic mass is 10.2. The highest BCUT2D eigenvalue weighted by atomic mass is 32.2. The van der Waals surface area contributed by atoms with Crippen molar-refractivity contribution in [3.8, 4) is 0 Å². The van der Waals surface area contributed by atoms with Crippen LogP contribution in [-0.4, -0.2) is 53.1 Å². The zero-order valence-corrected chi connectivity index (χ0v) is 13.0. The van der Waals surface area contributed by atoms with Crippen LogP contribution in [0.2, 0.25) is 0 Å². The van der Waals surface area contributed by atoms with Crippen LogP contribution in [0.3, 0.4) is 0 Å². The average Bonchev–Trinajstić information content (AvgIpc) is 2.54. The Morgan fingerprint density at radius 3 is 2.57 bits per heavy atom. The maximum absolute atomic E-state index is 11.8. The summed E-state index contributed by atoms with van der Waals surface area (Å²) in [7, 11) is 0. The fourth-order valence-electron chi connectivity index (χ4n) is 1.79. The lowest BCUT2D eigenvalue weighted by Crippen LogP contribution is -2.39. The Hall–Kier alpha value is -1.44. The van der Waals surface area contributed by atoms with Crippen molar-refractivity contribution in [3.63, 3.8) is 0 Å². The standard InChI is InChI=1S/C14H16N2O3S2/c17-12(15-13(18)11-4-2-1-3-5-11)10-21-14(20)16-6-8-19-9-7-16/h1-5H,6-10H2,(H,15,17,18). The van der Waals surface area contributed by atoms with Crippen LogP contribution >= 0.6 is 24.0 Å². The molecule has 112 valence electrons. The molecule has 1 aliphatic rings. The molecule has 0 bridgehead atoms. The molecule has 1 N–H and O–H groups in total. The van der Waals surface area contributed by atoms with E-state index in [1.165, 1.54) is 11.8 Å². The third-order valence-corrected chi connectivity index (χ3v) is 4.41. The van der Waals surface area contributed by atoms with Gasteiger partial charge in [0.2, 0.25) is 5.91 Å². The topological polar surface area (TPSA) is 58.6 Å². The molecule has 0 aromatic heterocycles. The fraction of sp³-hybridized carbons (Fsp3) is 0.357. The van der Waals surface area contributed by atoms with Crippen LogP contribution in [0.5, 0.6) is 0 Å². The van der Waals surface area contributed by atoms with Gasteiger partial charge in [0.25, 0.3) is 5.91 Å². The van der Waals surface area contributed by atoms with E-state index in [2.05, 4.69) is 5.32 Å². The molecule has 1 aliphatic heterocycles. The van der Waals surface area contributed by atoms with Crippen LogP contribution in [0.15, 0.2) is 30.3 Å². The first-order valence-electron chi connectivity index (χ1n) is 6.55. The summed E-state index contributed by atoms with van der Waals surface area (Å²) in [5, 5.41) is 2.35. The molecular weight excluding hydrogens is 308 g/mol. The highest BCUT2D eigenvalue weighted by Crippen LogP contribution is 2.11. The van der Waals surface area contributed by atoms with Gasteiger partial charge < -0.3 is 9.64 Å². The number of carbonyl (C=O) groups is 2. The second kappa shape index (κ2) is 8.11. The first-order chi connectivity index (χ1) is 10.2. The smallest absolute Gasteiger partial charge is 0.257 e. The minimum atomic E-state index is -0.390. The van der Waals surface area contributed by atoms with E-state index in [-0.39, 0.29) is 11.7 Å². The number of nitrogens with zero attached hydrogens (tertiary/aromatic N) is 1. The Balaban J connectivity index is 1.74. The number of amides is 2. The molecule has 1 aromatic rings. The predicted octanol–water partition coefficient (Wildman–Crippen LogP) is 1.29. The number of hydrogen-bond donors (Lipinski definition) is 1. The van der Waals surface area contributed by atoms with Crippen molar-refractivity contribution in [1.82, 2.24) is 10.2 Å². The number of benzene rings is 1. The summed E-state index contributed by atoms with van der Waals surface area (Å²) >= 11 is 6.53. The summed E-state index contributed by atoms with van der Waals surface area (Å²) in [5.41, 5.74) is 0.464. The Labute approximate surface area is 133 Å². The first kappa shape index (κ1) is 15.9. The normalized spacial score (nSPS) is 14.6. The molecule has 21 heavy (non-hydrogen) atoms. The summed E-state index contributed by atoms with van der Waals surface area (Å²) < 4.78 is 5.91. The second-order valence-corrected chi connectivity index (χ2v) is 6.01. The van der Waals surface area contributed by atoms with Crippen molar-refractivity contribution in [3.05, 3.63) is 35.9 Å². The molecule has 0 unspecified atom stereocenters. The van der Waals surface area contributed by atoms with Crippen molar-refractivity contribution in [1.29, 1.82) is 0 Å². The minimum absolute atomic E-state index is 0.134. The number of morpholine rings is 1. The molecule has 5 nitrogen and oxygen atoms in total. The number of hydrogen-bond acceptors (Lipinski definition) is 5. The van der Waals surface area contributed by atoms with E-state index in [9.17, 15) is 9.59 Å². The number of thioether (sulfide) groups is 1. The van der Waals surface area contributed by atoms with Crippen LogP contribution in [0.4, 0.5) is 0 Å². The molecule has 0 aliphatic carbocycles. The molecule has 0 radical (unpaired) electrons. The van der Waals surface area contributed by atoms with Crippen LogP contribution < -0.4 is 5.32 Å². The summed E-state index contributed by atoms with van der Waals surface area (Å²) in [5.74, 6) is -0.600. The average molecular weight is 324 g/mol. The molecular formula is C14H16N2O3S2. The second-order valence-electron chi connectivity index (χ2n) is 4.40. The zero-order valence-electron chi connectivity index (χ0n) is 11.4.